The molecule has 120 valence electrons. The van der Waals surface area contributed by atoms with Crippen LogP contribution in [-0.4, -0.2) is 31.0 Å². The van der Waals surface area contributed by atoms with Gasteiger partial charge < -0.3 is 16.0 Å². The van der Waals surface area contributed by atoms with Crippen molar-refractivity contribution in [3.8, 4) is 0 Å². The van der Waals surface area contributed by atoms with Gasteiger partial charge in [-0.3, -0.25) is 4.79 Å². The summed E-state index contributed by atoms with van der Waals surface area (Å²) in [5.74, 6) is 0.702. The summed E-state index contributed by atoms with van der Waals surface area (Å²) in [6.45, 7) is 7.83. The van der Waals surface area contributed by atoms with E-state index in [1.807, 2.05) is 6.92 Å². The number of rotatable bonds is 6. The number of hydrogen-bond donors (Lipinski definition) is 3. The molecular weight excluding hydrogens is 276 g/mol. The van der Waals surface area contributed by atoms with Crippen molar-refractivity contribution in [2.45, 2.75) is 46.2 Å². The van der Waals surface area contributed by atoms with Gasteiger partial charge >= 0.3 is 0 Å². The first-order valence-electron chi connectivity index (χ1n) is 7.96. The minimum Gasteiger partial charge on any atom is -0.357 e. The molecule has 1 aromatic rings. The van der Waals surface area contributed by atoms with Crippen LogP contribution in [0.3, 0.4) is 0 Å². The quantitative estimate of drug-likeness (QED) is 0.553. The third kappa shape index (κ3) is 5.39. The van der Waals surface area contributed by atoms with Crippen molar-refractivity contribution < 1.29 is 4.79 Å². The Morgan fingerprint density at radius 1 is 1.27 bits per heavy atom. The lowest BCUT2D eigenvalue weighted by Gasteiger charge is -2.12. The van der Waals surface area contributed by atoms with E-state index >= 15 is 0 Å². The number of nitrogens with zero attached hydrogens (tertiary/aromatic N) is 1. The summed E-state index contributed by atoms with van der Waals surface area (Å²) in [7, 11) is 0. The molecule has 1 fully saturated rings. The van der Waals surface area contributed by atoms with Gasteiger partial charge in [0.25, 0.3) is 0 Å². The van der Waals surface area contributed by atoms with E-state index in [1.54, 1.807) is 0 Å². The molecule has 5 heteroatoms. The van der Waals surface area contributed by atoms with Crippen molar-refractivity contribution in [2.75, 3.05) is 13.1 Å². The van der Waals surface area contributed by atoms with E-state index in [0.717, 1.165) is 19.4 Å². The highest BCUT2D eigenvalue weighted by atomic mass is 16.2. The van der Waals surface area contributed by atoms with Gasteiger partial charge in [0.2, 0.25) is 5.91 Å². The average molecular weight is 302 g/mol. The van der Waals surface area contributed by atoms with Crippen LogP contribution in [-0.2, 0) is 11.3 Å². The van der Waals surface area contributed by atoms with E-state index in [9.17, 15) is 4.79 Å². The van der Waals surface area contributed by atoms with Gasteiger partial charge in [0.15, 0.2) is 5.96 Å². The zero-order chi connectivity index (χ0) is 15.9. The Balaban J connectivity index is 1.89. The number of aryl methyl sites for hydroxylation is 2. The normalized spacial score (nSPS) is 14.6. The number of carbonyl (C=O) groups is 1. The Labute approximate surface area is 132 Å². The molecule has 1 aromatic carbocycles. The number of carbonyl (C=O) groups excluding carboxylic acids is 1. The van der Waals surface area contributed by atoms with Gasteiger partial charge in [-0.1, -0.05) is 23.8 Å². The molecule has 22 heavy (non-hydrogen) atoms. The van der Waals surface area contributed by atoms with Gasteiger partial charge in [-0.2, -0.15) is 0 Å². The minimum absolute atomic E-state index is 0.0274. The largest absolute Gasteiger partial charge is 0.357 e. The fourth-order valence-electron chi connectivity index (χ4n) is 2.20. The van der Waals surface area contributed by atoms with E-state index in [2.05, 4.69) is 53.0 Å². The molecule has 0 bridgehead atoms. The molecular formula is C17H26N4O. The summed E-state index contributed by atoms with van der Waals surface area (Å²) >= 11 is 0. The lowest BCUT2D eigenvalue weighted by atomic mass is 10.1. The molecule has 1 aliphatic carbocycles. The predicted molar refractivity (Wildman–Crippen MR) is 89.9 cm³/mol. The molecule has 0 aliphatic heterocycles. The Kier molecular flexibility index (Phi) is 5.81. The van der Waals surface area contributed by atoms with Crippen LogP contribution < -0.4 is 16.0 Å². The average Bonchev–Trinajstić information content (AvgIpc) is 3.27. The van der Waals surface area contributed by atoms with E-state index in [1.165, 1.54) is 16.7 Å². The SMILES string of the molecule is CCNC(=NCc1ccc(C)cc1C)NCC(=O)NC1CC1. The maximum atomic E-state index is 11.7. The molecule has 0 radical (unpaired) electrons. The zero-order valence-corrected chi connectivity index (χ0v) is 13.7. The van der Waals surface area contributed by atoms with Gasteiger partial charge in [-0.25, -0.2) is 4.99 Å². The first-order valence-corrected chi connectivity index (χ1v) is 7.96. The molecule has 2 rings (SSSR count). The van der Waals surface area contributed by atoms with Crippen molar-refractivity contribution in [3.05, 3.63) is 34.9 Å². The molecule has 1 saturated carbocycles. The van der Waals surface area contributed by atoms with E-state index in [-0.39, 0.29) is 12.5 Å². The number of hydrogen-bond acceptors (Lipinski definition) is 2. The highest BCUT2D eigenvalue weighted by molar-refractivity contribution is 5.86. The number of nitrogens with one attached hydrogen (secondary N) is 3. The summed E-state index contributed by atoms with van der Waals surface area (Å²) in [6.07, 6.45) is 2.21. The number of amides is 1. The molecule has 0 spiro atoms. The smallest absolute Gasteiger partial charge is 0.239 e. The molecule has 0 saturated heterocycles. The third-order valence-electron chi connectivity index (χ3n) is 3.61. The van der Waals surface area contributed by atoms with Gasteiger partial charge in [-0.05, 0) is 44.7 Å². The van der Waals surface area contributed by atoms with Crippen molar-refractivity contribution in [1.29, 1.82) is 0 Å². The van der Waals surface area contributed by atoms with Gasteiger partial charge in [0.1, 0.15) is 0 Å². The van der Waals surface area contributed by atoms with Crippen LogP contribution in [0.4, 0.5) is 0 Å². The first-order chi connectivity index (χ1) is 10.6. The fourth-order valence-corrected chi connectivity index (χ4v) is 2.20. The van der Waals surface area contributed by atoms with Crippen LogP contribution in [0.1, 0.15) is 36.5 Å². The van der Waals surface area contributed by atoms with Crippen molar-refractivity contribution in [3.63, 3.8) is 0 Å². The van der Waals surface area contributed by atoms with Crippen molar-refractivity contribution >= 4 is 11.9 Å². The molecule has 1 amide bonds. The zero-order valence-electron chi connectivity index (χ0n) is 13.7. The lowest BCUT2D eigenvalue weighted by Crippen LogP contribution is -2.43. The van der Waals surface area contributed by atoms with Crippen LogP contribution in [0, 0.1) is 13.8 Å². The Hall–Kier alpha value is -2.04. The third-order valence-corrected chi connectivity index (χ3v) is 3.61. The van der Waals surface area contributed by atoms with E-state index in [4.69, 9.17) is 0 Å². The van der Waals surface area contributed by atoms with Crippen LogP contribution in [0.2, 0.25) is 0 Å². The van der Waals surface area contributed by atoms with Gasteiger partial charge in [-0.15, -0.1) is 0 Å². The molecule has 0 unspecified atom stereocenters. The van der Waals surface area contributed by atoms with Crippen LogP contribution >= 0.6 is 0 Å². The van der Waals surface area contributed by atoms with Crippen molar-refractivity contribution in [2.24, 2.45) is 4.99 Å². The molecule has 0 heterocycles. The molecule has 0 aromatic heterocycles. The van der Waals surface area contributed by atoms with E-state index < -0.39 is 0 Å². The number of guanidine groups is 1. The molecule has 0 atom stereocenters. The number of aliphatic imine (C=N–C) groups is 1. The second-order valence-corrected chi connectivity index (χ2v) is 5.82. The Morgan fingerprint density at radius 2 is 2.05 bits per heavy atom. The predicted octanol–water partition coefficient (Wildman–Crippen LogP) is 1.64. The van der Waals surface area contributed by atoms with Crippen molar-refractivity contribution in [1.82, 2.24) is 16.0 Å². The molecule has 3 N–H and O–H groups in total. The lowest BCUT2D eigenvalue weighted by molar-refractivity contribution is -0.120. The summed E-state index contributed by atoms with van der Waals surface area (Å²) in [4.78, 5) is 16.3. The van der Waals surface area contributed by atoms with Crippen LogP contribution in [0.15, 0.2) is 23.2 Å². The molecule has 1 aliphatic rings. The van der Waals surface area contributed by atoms with Gasteiger partial charge in [0, 0.05) is 12.6 Å². The monoisotopic (exact) mass is 302 g/mol. The Morgan fingerprint density at radius 3 is 2.68 bits per heavy atom. The standard InChI is InChI=1S/C17H26N4O/c1-4-18-17(20-11-16(22)21-15-7-8-15)19-10-14-6-5-12(2)9-13(14)3/h5-6,9,15H,4,7-8,10-11H2,1-3H3,(H,21,22)(H2,18,19,20). The molecule has 5 nitrogen and oxygen atoms in total. The topological polar surface area (TPSA) is 65.5 Å². The van der Waals surface area contributed by atoms with Gasteiger partial charge in [0.05, 0.1) is 13.1 Å². The highest BCUT2D eigenvalue weighted by Crippen LogP contribution is 2.18. The second kappa shape index (κ2) is 7.82. The van der Waals surface area contributed by atoms with E-state index in [0.29, 0.717) is 18.5 Å². The highest BCUT2D eigenvalue weighted by Gasteiger charge is 2.22. The maximum Gasteiger partial charge on any atom is 0.239 e. The summed E-state index contributed by atoms with van der Waals surface area (Å²) in [6, 6.07) is 6.76. The first kappa shape index (κ1) is 16.3. The summed E-state index contributed by atoms with van der Waals surface area (Å²) in [5, 5.41) is 9.20. The minimum atomic E-state index is 0.0274. The summed E-state index contributed by atoms with van der Waals surface area (Å²) < 4.78 is 0. The van der Waals surface area contributed by atoms with Crippen LogP contribution in [0.5, 0.6) is 0 Å². The Bertz CT molecular complexity index is 550. The second-order valence-electron chi connectivity index (χ2n) is 5.82. The maximum absolute atomic E-state index is 11.7. The number of benzene rings is 1. The summed E-state index contributed by atoms with van der Waals surface area (Å²) in [5.41, 5.74) is 3.70. The fraction of sp³-hybridized carbons (Fsp3) is 0.529. The van der Waals surface area contributed by atoms with Crippen LogP contribution in [0.25, 0.3) is 0 Å².